The molecule has 0 radical (unpaired) electrons. The fourth-order valence-corrected chi connectivity index (χ4v) is 3.50. The van der Waals surface area contributed by atoms with E-state index in [4.69, 9.17) is 9.47 Å². The van der Waals surface area contributed by atoms with Crippen LogP contribution in [0.15, 0.2) is 53.8 Å². The lowest BCUT2D eigenvalue weighted by atomic mass is 10.0. The quantitative estimate of drug-likeness (QED) is 0.153. The van der Waals surface area contributed by atoms with Crippen LogP contribution in [-0.4, -0.2) is 26.6 Å². The van der Waals surface area contributed by atoms with Gasteiger partial charge < -0.3 is 19.6 Å². The Balaban J connectivity index is 1.94. The normalized spacial score (nSPS) is 10.9. The number of halogens is 1. The van der Waals surface area contributed by atoms with E-state index in [0.717, 1.165) is 14.7 Å². The summed E-state index contributed by atoms with van der Waals surface area (Å²) in [4.78, 5) is 27.7. The van der Waals surface area contributed by atoms with E-state index < -0.39 is 22.0 Å². The van der Waals surface area contributed by atoms with Crippen molar-refractivity contribution in [1.29, 1.82) is 0 Å². The number of aromatic hydroxyl groups is 1. The lowest BCUT2D eigenvalue weighted by molar-refractivity contribution is -0.387. The number of hydrogen-bond acceptors (Lipinski definition) is 7. The summed E-state index contributed by atoms with van der Waals surface area (Å²) >= 11 is 2.25. The Morgan fingerprint density at radius 1 is 1.24 bits per heavy atom. The number of aromatic amines is 1. The van der Waals surface area contributed by atoms with E-state index in [1.165, 1.54) is 6.08 Å². The Bertz CT molecular complexity index is 1290. The summed E-state index contributed by atoms with van der Waals surface area (Å²) in [5.74, 6) is 0.169. The molecule has 0 spiro atoms. The SMILES string of the molecule is C=CCc1cc(/C=C/c2nc(O)c([N+](=O)[O-])c(=O)[nH]2)cc(OCC)c1OCc1ccc(I)cc1. The van der Waals surface area contributed by atoms with E-state index in [1.54, 1.807) is 18.2 Å². The Morgan fingerprint density at radius 3 is 2.59 bits per heavy atom. The third kappa shape index (κ3) is 6.22. The van der Waals surface area contributed by atoms with E-state index in [2.05, 4.69) is 39.1 Å². The second kappa shape index (κ2) is 11.5. The highest BCUT2D eigenvalue weighted by atomic mass is 127. The van der Waals surface area contributed by atoms with Crippen LogP contribution in [0.2, 0.25) is 0 Å². The second-order valence-electron chi connectivity index (χ2n) is 7.06. The molecule has 0 aliphatic heterocycles. The molecule has 2 N–H and O–H groups in total. The summed E-state index contributed by atoms with van der Waals surface area (Å²) < 4.78 is 13.1. The molecule has 0 amide bonds. The number of rotatable bonds is 10. The van der Waals surface area contributed by atoms with Gasteiger partial charge in [0.05, 0.1) is 11.5 Å². The molecule has 3 rings (SSSR count). The third-order valence-corrected chi connectivity index (χ3v) is 5.34. The van der Waals surface area contributed by atoms with Crippen LogP contribution in [0.5, 0.6) is 17.4 Å². The summed E-state index contributed by atoms with van der Waals surface area (Å²) in [7, 11) is 0. The third-order valence-electron chi connectivity index (χ3n) is 4.63. The van der Waals surface area contributed by atoms with Crippen LogP contribution < -0.4 is 15.0 Å². The highest BCUT2D eigenvalue weighted by molar-refractivity contribution is 14.1. The molecule has 34 heavy (non-hydrogen) atoms. The zero-order chi connectivity index (χ0) is 24.7. The van der Waals surface area contributed by atoms with Crippen molar-refractivity contribution in [3.63, 3.8) is 0 Å². The van der Waals surface area contributed by atoms with Crippen molar-refractivity contribution in [2.75, 3.05) is 6.61 Å². The average molecular weight is 575 g/mol. The van der Waals surface area contributed by atoms with Gasteiger partial charge in [-0.2, -0.15) is 4.98 Å². The first kappa shape index (κ1) is 25.0. The number of hydrogen-bond donors (Lipinski definition) is 2. The maximum Gasteiger partial charge on any atom is 0.395 e. The smallest absolute Gasteiger partial charge is 0.395 e. The van der Waals surface area contributed by atoms with Crippen molar-refractivity contribution in [3.05, 3.63) is 95.6 Å². The molecular weight excluding hydrogens is 553 g/mol. The average Bonchev–Trinajstić information content (AvgIpc) is 2.78. The van der Waals surface area contributed by atoms with Gasteiger partial charge in [-0.25, -0.2) is 0 Å². The molecule has 0 aliphatic rings. The van der Waals surface area contributed by atoms with Crippen molar-refractivity contribution in [2.45, 2.75) is 20.0 Å². The Kier molecular flexibility index (Phi) is 8.41. The highest BCUT2D eigenvalue weighted by Crippen LogP contribution is 2.35. The number of ether oxygens (including phenoxy) is 2. The van der Waals surface area contributed by atoms with E-state index in [9.17, 15) is 20.0 Å². The number of allylic oxidation sites excluding steroid dienone is 1. The van der Waals surface area contributed by atoms with Gasteiger partial charge in [0.25, 0.3) is 5.88 Å². The zero-order valence-corrected chi connectivity index (χ0v) is 20.4. The molecule has 0 aliphatic carbocycles. The van der Waals surface area contributed by atoms with Gasteiger partial charge in [0.2, 0.25) is 0 Å². The summed E-state index contributed by atoms with van der Waals surface area (Å²) in [5.41, 5.74) is 0.531. The fourth-order valence-electron chi connectivity index (χ4n) is 3.14. The van der Waals surface area contributed by atoms with Crippen LogP contribution in [0.25, 0.3) is 12.2 Å². The van der Waals surface area contributed by atoms with Crippen molar-refractivity contribution < 1.29 is 19.5 Å². The molecule has 0 unspecified atom stereocenters. The molecule has 0 fully saturated rings. The monoisotopic (exact) mass is 575 g/mol. The Hall–Kier alpha value is -3.67. The first-order chi connectivity index (χ1) is 16.3. The maximum atomic E-state index is 11.9. The molecule has 1 aromatic heterocycles. The van der Waals surface area contributed by atoms with Crippen LogP contribution >= 0.6 is 22.6 Å². The number of nitrogens with zero attached hydrogens (tertiary/aromatic N) is 2. The predicted octanol–water partition coefficient (Wildman–Crippen LogP) is 4.86. The molecule has 3 aromatic rings. The van der Waals surface area contributed by atoms with Gasteiger partial charge in [-0.05, 0) is 77.4 Å². The lowest BCUT2D eigenvalue weighted by Crippen LogP contribution is -2.14. The van der Waals surface area contributed by atoms with Crippen LogP contribution in [0, 0.1) is 13.7 Å². The van der Waals surface area contributed by atoms with Gasteiger partial charge in [-0.3, -0.25) is 14.9 Å². The van der Waals surface area contributed by atoms with E-state index >= 15 is 0 Å². The number of nitrogens with one attached hydrogen (secondary N) is 1. The van der Waals surface area contributed by atoms with E-state index in [-0.39, 0.29) is 5.82 Å². The van der Waals surface area contributed by atoms with Crippen LogP contribution in [-0.2, 0) is 13.0 Å². The molecular formula is C24H22IN3O6. The minimum atomic E-state index is -1.04. The van der Waals surface area contributed by atoms with E-state index in [1.807, 2.05) is 37.3 Å². The molecule has 176 valence electrons. The van der Waals surface area contributed by atoms with Crippen molar-refractivity contribution in [3.8, 4) is 17.4 Å². The largest absolute Gasteiger partial charge is 0.490 e. The summed E-state index contributed by atoms with van der Waals surface area (Å²) in [6, 6.07) is 11.7. The second-order valence-corrected chi connectivity index (χ2v) is 8.31. The summed E-state index contributed by atoms with van der Waals surface area (Å²) in [5, 5.41) is 20.6. The van der Waals surface area contributed by atoms with Gasteiger partial charge in [-0.15, -0.1) is 6.58 Å². The number of benzene rings is 2. The van der Waals surface area contributed by atoms with Crippen molar-refractivity contribution in [2.24, 2.45) is 0 Å². The standard InChI is InChI=1S/C24H22IN3O6/c1-3-5-17-12-16(8-11-20-26-23(29)21(28(31)32)24(30)27-20)13-19(33-4-2)22(17)34-14-15-6-9-18(25)10-7-15/h3,6-13H,1,4-5,14H2,2H3,(H2,26,27,29,30)/b11-8+. The molecule has 0 atom stereocenters. The predicted molar refractivity (Wildman–Crippen MR) is 137 cm³/mol. The first-order valence-corrected chi connectivity index (χ1v) is 11.3. The highest BCUT2D eigenvalue weighted by Gasteiger charge is 2.21. The van der Waals surface area contributed by atoms with Gasteiger partial charge >= 0.3 is 11.2 Å². The van der Waals surface area contributed by atoms with Gasteiger partial charge in [-0.1, -0.05) is 24.3 Å². The number of aromatic nitrogens is 2. The van der Waals surface area contributed by atoms with Crippen molar-refractivity contribution in [1.82, 2.24) is 9.97 Å². The minimum absolute atomic E-state index is 0.0321. The number of H-pyrrole nitrogens is 1. The van der Waals surface area contributed by atoms with Crippen LogP contribution in [0.4, 0.5) is 5.69 Å². The van der Waals surface area contributed by atoms with Crippen molar-refractivity contribution >= 4 is 40.4 Å². The molecule has 10 heteroatoms. The first-order valence-electron chi connectivity index (χ1n) is 10.3. The number of nitro groups is 1. The fraction of sp³-hybridized carbons (Fsp3) is 0.167. The lowest BCUT2D eigenvalue weighted by Gasteiger charge is -2.17. The molecule has 0 bridgehead atoms. The minimum Gasteiger partial charge on any atom is -0.490 e. The topological polar surface area (TPSA) is 128 Å². The zero-order valence-electron chi connectivity index (χ0n) is 18.3. The van der Waals surface area contributed by atoms with Gasteiger partial charge in [0.15, 0.2) is 11.5 Å². The molecule has 0 saturated carbocycles. The molecule has 1 heterocycles. The summed E-state index contributed by atoms with van der Waals surface area (Å²) in [6.07, 6.45) is 5.35. The van der Waals surface area contributed by atoms with Crippen LogP contribution in [0.1, 0.15) is 29.4 Å². The van der Waals surface area contributed by atoms with Crippen LogP contribution in [0.3, 0.4) is 0 Å². The molecule has 9 nitrogen and oxygen atoms in total. The van der Waals surface area contributed by atoms with E-state index in [0.29, 0.717) is 36.7 Å². The Labute approximate surface area is 209 Å². The molecule has 0 saturated heterocycles. The van der Waals surface area contributed by atoms with Gasteiger partial charge in [0.1, 0.15) is 12.4 Å². The molecule has 2 aromatic carbocycles. The van der Waals surface area contributed by atoms with Gasteiger partial charge in [0, 0.05) is 9.13 Å². The summed E-state index contributed by atoms with van der Waals surface area (Å²) in [6.45, 7) is 6.47. The Morgan fingerprint density at radius 2 is 1.97 bits per heavy atom. The maximum absolute atomic E-state index is 11.9.